The molecule has 2 unspecified atom stereocenters. The lowest BCUT2D eigenvalue weighted by atomic mass is 9.49. The van der Waals surface area contributed by atoms with Gasteiger partial charge in [0.15, 0.2) is 6.61 Å². The first-order valence-corrected chi connectivity index (χ1v) is 10.4. The van der Waals surface area contributed by atoms with Crippen molar-refractivity contribution in [3.05, 3.63) is 33.9 Å². The largest absolute Gasteiger partial charge is 0.455 e. The van der Waals surface area contributed by atoms with E-state index in [-0.39, 0.29) is 27.2 Å². The average molecular weight is 462 g/mol. The number of halogens is 1. The van der Waals surface area contributed by atoms with E-state index in [0.717, 1.165) is 38.2 Å². The molecule has 1 N–H and O–H groups in total. The van der Waals surface area contributed by atoms with Gasteiger partial charge in [-0.1, -0.05) is 15.9 Å². The molecule has 0 aliphatic heterocycles. The van der Waals surface area contributed by atoms with Crippen molar-refractivity contribution >= 4 is 39.2 Å². The number of ether oxygens (including phenoxy) is 1. The van der Waals surface area contributed by atoms with Crippen molar-refractivity contribution in [1.29, 1.82) is 5.26 Å². The highest BCUT2D eigenvalue weighted by atomic mass is 79.9. The molecule has 4 bridgehead atoms. The van der Waals surface area contributed by atoms with Crippen LogP contribution in [0.1, 0.15) is 44.1 Å². The molecule has 1 aromatic rings. The van der Waals surface area contributed by atoms with Crippen LogP contribution in [-0.2, 0) is 14.3 Å². The third-order valence-corrected chi connectivity index (χ3v) is 7.29. The molecule has 0 saturated heterocycles. The number of non-ortho nitro benzene ring substituents is 1. The first-order chi connectivity index (χ1) is 13.7. The summed E-state index contributed by atoms with van der Waals surface area (Å²) in [5.41, 5.74) is -0.634. The van der Waals surface area contributed by atoms with E-state index in [1.165, 1.54) is 18.6 Å². The average Bonchev–Trinajstić information content (AvgIpc) is 2.64. The minimum Gasteiger partial charge on any atom is -0.455 e. The predicted molar refractivity (Wildman–Crippen MR) is 106 cm³/mol. The van der Waals surface area contributed by atoms with Crippen molar-refractivity contribution in [3.8, 4) is 6.07 Å². The number of carbonyl (C=O) groups excluding carboxylic acids is 2. The van der Waals surface area contributed by atoms with E-state index in [9.17, 15) is 19.7 Å². The number of benzene rings is 1. The van der Waals surface area contributed by atoms with Crippen LogP contribution in [0.5, 0.6) is 0 Å². The minimum absolute atomic E-state index is 0.0127. The van der Waals surface area contributed by atoms with Gasteiger partial charge in [-0.25, -0.2) is 0 Å². The lowest BCUT2D eigenvalue weighted by Gasteiger charge is -2.58. The molecule has 9 heteroatoms. The van der Waals surface area contributed by atoms with E-state index in [4.69, 9.17) is 10.00 Å². The molecule has 152 valence electrons. The summed E-state index contributed by atoms with van der Waals surface area (Å²) in [6.45, 7) is -0.451. The van der Waals surface area contributed by atoms with Gasteiger partial charge in [-0.15, -0.1) is 0 Å². The number of hydrogen-bond donors (Lipinski definition) is 1. The van der Waals surface area contributed by atoms with Crippen LogP contribution in [0.3, 0.4) is 0 Å². The van der Waals surface area contributed by atoms with Gasteiger partial charge in [0.25, 0.3) is 11.6 Å². The van der Waals surface area contributed by atoms with Crippen molar-refractivity contribution in [2.75, 3.05) is 11.9 Å². The summed E-state index contributed by atoms with van der Waals surface area (Å²) in [7, 11) is 0. The lowest BCUT2D eigenvalue weighted by molar-refractivity contribution is -0.384. The number of nitrogens with one attached hydrogen (secondary N) is 1. The third-order valence-electron chi connectivity index (χ3n) is 6.37. The van der Waals surface area contributed by atoms with Gasteiger partial charge in [-0.3, -0.25) is 19.7 Å². The summed E-state index contributed by atoms with van der Waals surface area (Å²) in [5, 5.41) is 22.5. The molecule has 5 rings (SSSR count). The van der Waals surface area contributed by atoms with E-state index >= 15 is 0 Å². The molecular weight excluding hydrogens is 442 g/mol. The number of nitriles is 1. The summed E-state index contributed by atoms with van der Waals surface area (Å²) in [5.74, 6) is 0.141. The van der Waals surface area contributed by atoms with Gasteiger partial charge < -0.3 is 10.1 Å². The maximum Gasteiger partial charge on any atom is 0.312 e. The second-order valence-corrected chi connectivity index (χ2v) is 10.3. The van der Waals surface area contributed by atoms with E-state index in [1.54, 1.807) is 0 Å². The Labute approximate surface area is 175 Å². The molecule has 1 aromatic carbocycles. The predicted octanol–water partition coefficient (Wildman–Crippen LogP) is 3.68. The number of alkyl halides is 1. The zero-order chi connectivity index (χ0) is 20.8. The molecular formula is C20H20BrN3O5. The number of nitrogens with zero attached hydrogens (tertiary/aromatic N) is 2. The number of anilines is 1. The minimum atomic E-state index is -0.615. The van der Waals surface area contributed by atoms with Crippen LogP contribution in [0, 0.1) is 38.7 Å². The van der Waals surface area contributed by atoms with Gasteiger partial charge >= 0.3 is 5.97 Å². The summed E-state index contributed by atoms with van der Waals surface area (Å²) in [6, 6.07) is 5.41. The van der Waals surface area contributed by atoms with Crippen LogP contribution >= 0.6 is 15.9 Å². The molecule has 8 nitrogen and oxygen atoms in total. The number of carbonyl (C=O) groups is 2. The molecule has 1 amide bonds. The Hall–Kier alpha value is -2.47. The van der Waals surface area contributed by atoms with Crippen LogP contribution in [0.15, 0.2) is 18.2 Å². The fraction of sp³-hybridized carbons (Fsp3) is 0.550. The van der Waals surface area contributed by atoms with E-state index < -0.39 is 22.9 Å². The number of esters is 1. The quantitative estimate of drug-likeness (QED) is 0.308. The Balaban J connectivity index is 1.39. The first-order valence-electron chi connectivity index (χ1n) is 9.56. The fourth-order valence-electron chi connectivity index (χ4n) is 5.71. The van der Waals surface area contributed by atoms with Crippen molar-refractivity contribution < 1.29 is 19.2 Å². The molecule has 0 spiro atoms. The van der Waals surface area contributed by atoms with Gasteiger partial charge in [0.05, 0.1) is 21.6 Å². The number of hydrogen-bond acceptors (Lipinski definition) is 6. The Kier molecular flexibility index (Phi) is 4.85. The Morgan fingerprint density at radius 2 is 2.00 bits per heavy atom. The standard InChI is InChI=1S/C20H20BrN3O5/c21-20-7-12-3-13(8-20)6-19(5-12,11-20)18(26)29-10-17(25)23-16-2-1-15(24(27)28)4-14(16)9-22/h1-2,4,12-13H,3,5-8,10-11H2,(H,23,25). The Morgan fingerprint density at radius 1 is 1.31 bits per heavy atom. The Morgan fingerprint density at radius 3 is 2.59 bits per heavy atom. The van der Waals surface area contributed by atoms with Crippen LogP contribution in [0.25, 0.3) is 0 Å². The number of amides is 1. The van der Waals surface area contributed by atoms with E-state index in [0.29, 0.717) is 11.8 Å². The molecule has 2 atom stereocenters. The van der Waals surface area contributed by atoms with Crippen molar-refractivity contribution in [3.63, 3.8) is 0 Å². The highest BCUT2D eigenvalue weighted by Gasteiger charge is 2.60. The van der Waals surface area contributed by atoms with Crippen LogP contribution in [0.2, 0.25) is 0 Å². The summed E-state index contributed by atoms with van der Waals surface area (Å²) >= 11 is 3.85. The SMILES string of the molecule is N#Cc1cc([N+](=O)[O-])ccc1NC(=O)COC(=O)C12CC3CC(CC(Br)(C3)C1)C2. The highest BCUT2D eigenvalue weighted by Crippen LogP contribution is 2.64. The Bertz CT molecular complexity index is 927. The van der Waals surface area contributed by atoms with Gasteiger partial charge in [0.1, 0.15) is 6.07 Å². The molecule has 4 fully saturated rings. The van der Waals surface area contributed by atoms with E-state index in [2.05, 4.69) is 21.2 Å². The lowest BCUT2D eigenvalue weighted by Crippen LogP contribution is -2.56. The fourth-order valence-corrected chi connectivity index (χ4v) is 7.16. The molecule has 4 saturated carbocycles. The molecule has 0 aromatic heterocycles. The van der Waals surface area contributed by atoms with Crippen LogP contribution in [-0.4, -0.2) is 27.7 Å². The van der Waals surface area contributed by atoms with Crippen LogP contribution in [0.4, 0.5) is 11.4 Å². The van der Waals surface area contributed by atoms with E-state index in [1.807, 2.05) is 6.07 Å². The third kappa shape index (κ3) is 3.73. The number of rotatable bonds is 5. The molecule has 4 aliphatic carbocycles. The van der Waals surface area contributed by atoms with Gasteiger partial charge in [-0.05, 0) is 56.4 Å². The monoisotopic (exact) mass is 461 g/mol. The van der Waals surface area contributed by atoms with Gasteiger partial charge in [0, 0.05) is 16.5 Å². The van der Waals surface area contributed by atoms with Crippen molar-refractivity contribution in [2.45, 2.75) is 42.8 Å². The number of nitro groups is 1. The summed E-state index contributed by atoms with van der Waals surface area (Å²) in [4.78, 5) is 35.3. The molecule has 4 aliphatic rings. The van der Waals surface area contributed by atoms with Gasteiger partial charge in [-0.2, -0.15) is 5.26 Å². The van der Waals surface area contributed by atoms with Crippen molar-refractivity contribution in [1.82, 2.24) is 0 Å². The maximum atomic E-state index is 12.9. The molecule has 0 heterocycles. The molecule has 29 heavy (non-hydrogen) atoms. The summed E-state index contributed by atoms with van der Waals surface area (Å²) in [6.07, 6.45) is 5.73. The zero-order valence-electron chi connectivity index (χ0n) is 15.7. The van der Waals surface area contributed by atoms with Crippen LogP contribution < -0.4 is 5.32 Å². The topological polar surface area (TPSA) is 122 Å². The normalized spacial score (nSPS) is 31.7. The van der Waals surface area contributed by atoms with Gasteiger partial charge in [0.2, 0.25) is 0 Å². The summed E-state index contributed by atoms with van der Waals surface area (Å²) < 4.78 is 5.39. The zero-order valence-corrected chi connectivity index (χ0v) is 17.2. The maximum absolute atomic E-state index is 12.9. The smallest absolute Gasteiger partial charge is 0.312 e. The molecule has 0 radical (unpaired) electrons. The van der Waals surface area contributed by atoms with Crippen molar-refractivity contribution in [2.24, 2.45) is 17.3 Å². The highest BCUT2D eigenvalue weighted by molar-refractivity contribution is 9.10. The number of nitro benzene ring substituents is 1. The second-order valence-electron chi connectivity index (χ2n) is 8.62. The first kappa shape index (κ1) is 19.8. The second kappa shape index (κ2) is 7.10.